The molecular weight excluding hydrogens is 404 g/mol. The van der Waals surface area contributed by atoms with Crippen molar-refractivity contribution in [2.24, 2.45) is 5.41 Å². The predicted octanol–water partition coefficient (Wildman–Crippen LogP) is 4.31. The van der Waals surface area contributed by atoms with Crippen molar-refractivity contribution >= 4 is 22.5 Å². The van der Waals surface area contributed by atoms with E-state index in [2.05, 4.69) is 49.3 Å². The number of benzene rings is 1. The number of ether oxygens (including phenoxy) is 1. The van der Waals surface area contributed by atoms with Gasteiger partial charge in [0.05, 0.1) is 5.54 Å². The van der Waals surface area contributed by atoms with E-state index in [1.165, 1.54) is 21.9 Å². The van der Waals surface area contributed by atoms with Gasteiger partial charge in [-0.2, -0.15) is 5.48 Å². The van der Waals surface area contributed by atoms with Crippen LogP contribution in [0.2, 0.25) is 0 Å². The third kappa shape index (κ3) is 6.91. The molecule has 1 heterocycles. The lowest BCUT2D eigenvalue weighted by molar-refractivity contribution is 0.0247. The van der Waals surface area contributed by atoms with E-state index >= 15 is 0 Å². The fourth-order valence-corrected chi connectivity index (χ4v) is 4.37. The van der Waals surface area contributed by atoms with Gasteiger partial charge >= 0.3 is 0 Å². The minimum atomic E-state index is -0.590. The van der Waals surface area contributed by atoms with Gasteiger partial charge in [0.15, 0.2) is 0 Å². The zero-order chi connectivity index (χ0) is 21.8. The average Bonchev–Trinajstić information content (AvgIpc) is 2.65. The normalized spacial score (nSPS) is 18.9. The van der Waals surface area contributed by atoms with Gasteiger partial charge in [-0.1, -0.05) is 43.2 Å². The van der Waals surface area contributed by atoms with Gasteiger partial charge in [0.1, 0.15) is 18.0 Å². The lowest BCUT2D eigenvalue weighted by atomic mass is 9.83. The van der Waals surface area contributed by atoms with Crippen molar-refractivity contribution < 1.29 is 15.1 Å². The Bertz CT molecular complexity index is 730. The van der Waals surface area contributed by atoms with Crippen LogP contribution in [0.1, 0.15) is 52.2 Å². The van der Waals surface area contributed by atoms with Gasteiger partial charge in [-0.05, 0) is 62.3 Å². The zero-order valence-electron chi connectivity index (χ0n) is 18.4. The first kappa shape index (κ1) is 24.6. The molecule has 0 fully saturated rings. The summed E-state index contributed by atoms with van der Waals surface area (Å²) >= 11 is 4.31. The van der Waals surface area contributed by atoms with Crippen LogP contribution in [0.4, 0.5) is 0 Å². The first-order chi connectivity index (χ1) is 13.5. The molecule has 2 rings (SSSR count). The number of rotatable bonds is 8. The van der Waals surface area contributed by atoms with Crippen molar-refractivity contribution in [3.63, 3.8) is 0 Å². The first-order valence-corrected chi connectivity index (χ1v) is 12.0. The summed E-state index contributed by atoms with van der Waals surface area (Å²) < 4.78 is 6.11. The molecular formula is C22H36N2O3S2. The van der Waals surface area contributed by atoms with Crippen molar-refractivity contribution in [3.05, 3.63) is 34.9 Å². The van der Waals surface area contributed by atoms with E-state index in [4.69, 9.17) is 4.74 Å². The second-order valence-corrected chi connectivity index (χ2v) is 10.6. The first-order valence-electron chi connectivity index (χ1n) is 10.1. The molecule has 0 aliphatic carbocycles. The molecule has 4 N–H and O–H groups in total. The third-order valence-electron chi connectivity index (χ3n) is 5.32. The number of thiol groups is 1. The number of fused-ring (bicyclic) bond motifs is 1. The highest BCUT2D eigenvalue weighted by Gasteiger charge is 2.28. The fourth-order valence-electron chi connectivity index (χ4n) is 3.38. The molecule has 1 aromatic carbocycles. The smallest absolute Gasteiger partial charge is 0.126 e. The monoisotopic (exact) mass is 440 g/mol. The number of aliphatic hydroxyl groups is 1. The van der Waals surface area contributed by atoms with Gasteiger partial charge in [0.25, 0.3) is 0 Å². The summed E-state index contributed by atoms with van der Waals surface area (Å²) in [5, 5.41) is 23.4. The van der Waals surface area contributed by atoms with Crippen LogP contribution in [-0.2, 0) is 6.42 Å². The van der Waals surface area contributed by atoms with Crippen molar-refractivity contribution in [2.45, 2.75) is 77.0 Å². The number of hydrogen-bond donors (Lipinski definition) is 5. The van der Waals surface area contributed by atoms with Crippen LogP contribution >= 0.6 is 22.5 Å². The Morgan fingerprint density at radius 3 is 2.62 bits per heavy atom. The Kier molecular flexibility index (Phi) is 8.53. The molecule has 0 saturated carbocycles. The molecule has 7 heteroatoms. The summed E-state index contributed by atoms with van der Waals surface area (Å²) in [5.74, 6) is 0.870. The Balaban J connectivity index is 1.97. The number of hydrogen-bond acceptors (Lipinski definition) is 7. The van der Waals surface area contributed by atoms with E-state index in [1.54, 1.807) is 0 Å². The van der Waals surface area contributed by atoms with E-state index in [0.29, 0.717) is 13.1 Å². The van der Waals surface area contributed by atoms with Crippen LogP contribution in [0.3, 0.4) is 0 Å². The molecule has 0 radical (unpaired) electrons. The number of aryl methyl sites for hydroxylation is 2. The topological polar surface area (TPSA) is 73.8 Å². The summed E-state index contributed by atoms with van der Waals surface area (Å²) in [5.41, 5.74) is 5.26. The quantitative estimate of drug-likeness (QED) is 0.180. The van der Waals surface area contributed by atoms with Crippen LogP contribution < -0.4 is 15.5 Å². The van der Waals surface area contributed by atoms with Crippen LogP contribution in [0, 0.1) is 12.3 Å². The van der Waals surface area contributed by atoms with Gasteiger partial charge in [0.2, 0.25) is 0 Å². The highest BCUT2D eigenvalue weighted by molar-refractivity contribution is 8.68. The molecule has 0 bridgehead atoms. The summed E-state index contributed by atoms with van der Waals surface area (Å²) in [7, 11) is 1.45. The molecule has 5 nitrogen and oxygen atoms in total. The number of hydroxylamine groups is 1. The molecule has 1 aromatic rings. The molecule has 0 amide bonds. The van der Waals surface area contributed by atoms with Gasteiger partial charge in [-0.25, -0.2) is 0 Å². The van der Waals surface area contributed by atoms with E-state index in [9.17, 15) is 10.3 Å². The standard InChI is InChI=1S/C22H36N2O3S2/c1-14-9-19-15(10-20(14)29-28)7-8-18(27-19)17(25)13-23-12-16(21(2,3)4)11-22(5,6)24-26/h9-11,17-18,23-26,28H,7-8,12-13H2,1-6H3/b16-11-. The maximum absolute atomic E-state index is 10.7. The summed E-state index contributed by atoms with van der Waals surface area (Å²) in [6.07, 6.45) is 2.91. The highest BCUT2D eigenvalue weighted by atomic mass is 33.1. The minimum Gasteiger partial charge on any atom is -0.487 e. The van der Waals surface area contributed by atoms with Gasteiger partial charge in [-0.15, -0.1) is 11.7 Å². The molecule has 0 spiro atoms. The molecule has 2 atom stereocenters. The lowest BCUT2D eigenvalue weighted by Crippen LogP contribution is -2.43. The molecule has 0 saturated heterocycles. The van der Waals surface area contributed by atoms with Crippen molar-refractivity contribution in [1.29, 1.82) is 0 Å². The van der Waals surface area contributed by atoms with Gasteiger partial charge < -0.3 is 20.4 Å². The lowest BCUT2D eigenvalue weighted by Gasteiger charge is -2.31. The summed E-state index contributed by atoms with van der Waals surface area (Å²) in [6, 6.07) is 4.19. The predicted molar refractivity (Wildman–Crippen MR) is 124 cm³/mol. The van der Waals surface area contributed by atoms with Crippen LogP contribution in [-0.4, -0.2) is 41.2 Å². The second kappa shape index (κ2) is 10.1. The Hall–Kier alpha value is -0.700. The maximum atomic E-state index is 10.7. The molecule has 0 aromatic heterocycles. The van der Waals surface area contributed by atoms with Crippen LogP contribution in [0.15, 0.2) is 28.7 Å². The van der Waals surface area contributed by atoms with Crippen molar-refractivity contribution in [3.8, 4) is 5.75 Å². The van der Waals surface area contributed by atoms with Crippen molar-refractivity contribution in [1.82, 2.24) is 10.8 Å². The summed E-state index contributed by atoms with van der Waals surface area (Å²) in [6.45, 7) is 13.4. The molecule has 1 aliphatic rings. The molecule has 164 valence electrons. The van der Waals surface area contributed by atoms with Crippen molar-refractivity contribution in [2.75, 3.05) is 13.1 Å². The number of aliphatic hydroxyl groups excluding tert-OH is 1. The zero-order valence-corrected chi connectivity index (χ0v) is 20.1. The highest BCUT2D eigenvalue weighted by Crippen LogP contribution is 2.36. The number of nitrogens with one attached hydrogen (secondary N) is 2. The fraction of sp³-hybridized carbons (Fsp3) is 0.636. The van der Waals surface area contributed by atoms with Crippen LogP contribution in [0.5, 0.6) is 5.75 Å². The third-order valence-corrected chi connectivity index (χ3v) is 6.54. The van der Waals surface area contributed by atoms with E-state index < -0.39 is 11.6 Å². The maximum Gasteiger partial charge on any atom is 0.126 e. The Morgan fingerprint density at radius 1 is 1.34 bits per heavy atom. The molecule has 29 heavy (non-hydrogen) atoms. The Morgan fingerprint density at radius 2 is 2.03 bits per heavy atom. The van der Waals surface area contributed by atoms with Crippen LogP contribution in [0.25, 0.3) is 0 Å². The van der Waals surface area contributed by atoms with E-state index in [0.717, 1.165) is 29.1 Å². The van der Waals surface area contributed by atoms with Gasteiger partial charge in [0, 0.05) is 18.0 Å². The SMILES string of the molecule is Cc1cc2c(cc1SS)CCC(C(O)CNC/C(=C/C(C)(C)NO)C(C)(C)C)O2. The van der Waals surface area contributed by atoms with E-state index in [-0.39, 0.29) is 11.5 Å². The Labute approximate surface area is 184 Å². The largest absolute Gasteiger partial charge is 0.487 e. The molecule has 2 unspecified atom stereocenters. The van der Waals surface area contributed by atoms with E-state index in [1.807, 2.05) is 32.9 Å². The van der Waals surface area contributed by atoms with Gasteiger partial charge in [-0.3, -0.25) is 0 Å². The summed E-state index contributed by atoms with van der Waals surface area (Å²) in [4.78, 5) is 1.15. The second-order valence-electron chi connectivity index (χ2n) is 9.46. The average molecular weight is 441 g/mol. The minimum absolute atomic E-state index is 0.0490. The molecule has 1 aliphatic heterocycles.